The Hall–Kier alpha value is -1.82. The van der Waals surface area contributed by atoms with Crippen LogP contribution >= 0.6 is 12.2 Å². The molecule has 1 rings (SSSR count). The number of rotatable bonds is 8. The van der Waals surface area contributed by atoms with Crippen LogP contribution in [0.15, 0.2) is 23.3 Å². The van der Waals surface area contributed by atoms with Crippen LogP contribution in [-0.2, 0) is 0 Å². The van der Waals surface area contributed by atoms with E-state index in [0.29, 0.717) is 23.4 Å². The van der Waals surface area contributed by atoms with E-state index in [-0.39, 0.29) is 0 Å². The molecule has 0 aliphatic heterocycles. The predicted molar refractivity (Wildman–Crippen MR) is 94.9 cm³/mol. The number of hydrogen-bond acceptors (Lipinski definition) is 4. The summed E-state index contributed by atoms with van der Waals surface area (Å²) in [5.74, 6) is 2.06. The number of hydrazone groups is 1. The van der Waals surface area contributed by atoms with Gasteiger partial charge in [0.25, 0.3) is 0 Å². The fourth-order valence-electron chi connectivity index (χ4n) is 1.65. The first-order valence-corrected chi connectivity index (χ1v) is 7.85. The Labute approximate surface area is 138 Å². The summed E-state index contributed by atoms with van der Waals surface area (Å²) in [6.45, 7) is 7.76. The van der Waals surface area contributed by atoms with Gasteiger partial charge in [-0.15, -0.1) is 0 Å². The molecule has 0 saturated heterocycles. The Morgan fingerprint density at radius 3 is 2.77 bits per heavy atom. The van der Waals surface area contributed by atoms with Crippen molar-refractivity contribution in [3.63, 3.8) is 0 Å². The number of nitrogens with one attached hydrogen (secondary N) is 2. The molecule has 0 aliphatic rings. The van der Waals surface area contributed by atoms with Crippen LogP contribution in [0, 0.1) is 5.92 Å². The summed E-state index contributed by atoms with van der Waals surface area (Å²) in [7, 11) is 1.63. The van der Waals surface area contributed by atoms with E-state index in [2.05, 4.69) is 29.7 Å². The zero-order valence-corrected chi connectivity index (χ0v) is 14.5. The highest BCUT2D eigenvalue weighted by Gasteiger charge is 2.05. The van der Waals surface area contributed by atoms with Crippen LogP contribution in [-0.4, -0.2) is 31.6 Å². The van der Waals surface area contributed by atoms with Crippen molar-refractivity contribution < 1.29 is 9.47 Å². The van der Waals surface area contributed by atoms with Crippen molar-refractivity contribution in [1.82, 2.24) is 10.7 Å². The van der Waals surface area contributed by atoms with Gasteiger partial charge in [-0.25, -0.2) is 0 Å². The molecule has 22 heavy (non-hydrogen) atoms. The zero-order chi connectivity index (χ0) is 16.4. The number of benzene rings is 1. The molecule has 0 aliphatic carbocycles. The standard InChI is InChI=1S/C16H25N3O2S/c1-5-17-16(22)19-18-11-13-6-7-14(15(10-13)20-4)21-9-8-12(2)3/h6-7,10-12H,5,8-9H2,1-4H3,(H2,17,19,22). The third-order valence-corrected chi connectivity index (χ3v) is 3.09. The van der Waals surface area contributed by atoms with Crippen molar-refractivity contribution >= 4 is 23.5 Å². The maximum absolute atomic E-state index is 5.75. The van der Waals surface area contributed by atoms with Crippen LogP contribution in [0.5, 0.6) is 11.5 Å². The fourth-order valence-corrected chi connectivity index (χ4v) is 1.85. The van der Waals surface area contributed by atoms with E-state index in [0.717, 1.165) is 24.3 Å². The lowest BCUT2D eigenvalue weighted by molar-refractivity contribution is 0.273. The second kappa shape index (κ2) is 10.00. The van der Waals surface area contributed by atoms with Crippen molar-refractivity contribution in [2.45, 2.75) is 27.2 Å². The summed E-state index contributed by atoms with van der Waals surface area (Å²) in [6.07, 6.45) is 2.70. The van der Waals surface area contributed by atoms with E-state index >= 15 is 0 Å². The Bertz CT molecular complexity index is 504. The van der Waals surface area contributed by atoms with Crippen molar-refractivity contribution in [2.24, 2.45) is 11.0 Å². The van der Waals surface area contributed by atoms with Gasteiger partial charge in [0, 0.05) is 6.54 Å². The van der Waals surface area contributed by atoms with Gasteiger partial charge in [-0.05, 0) is 55.2 Å². The van der Waals surface area contributed by atoms with E-state index in [1.54, 1.807) is 13.3 Å². The van der Waals surface area contributed by atoms with Crippen LogP contribution in [0.2, 0.25) is 0 Å². The largest absolute Gasteiger partial charge is 0.493 e. The van der Waals surface area contributed by atoms with E-state index < -0.39 is 0 Å². The second-order valence-electron chi connectivity index (χ2n) is 5.17. The number of hydrogen-bond donors (Lipinski definition) is 2. The minimum absolute atomic E-state index is 0.499. The summed E-state index contributed by atoms with van der Waals surface area (Å²) in [5.41, 5.74) is 3.65. The first kappa shape index (κ1) is 18.2. The van der Waals surface area contributed by atoms with Crippen LogP contribution in [0.3, 0.4) is 0 Å². The topological polar surface area (TPSA) is 54.9 Å². The molecule has 1 aromatic rings. The summed E-state index contributed by atoms with van der Waals surface area (Å²) < 4.78 is 11.1. The third-order valence-electron chi connectivity index (χ3n) is 2.86. The van der Waals surface area contributed by atoms with Crippen LogP contribution < -0.4 is 20.2 Å². The normalized spacial score (nSPS) is 10.8. The molecule has 0 unspecified atom stereocenters. The molecule has 0 saturated carbocycles. The molecule has 5 nitrogen and oxygen atoms in total. The average molecular weight is 323 g/mol. The van der Waals surface area contributed by atoms with E-state index in [1.165, 1.54) is 0 Å². The quantitative estimate of drug-likeness (QED) is 0.438. The number of ether oxygens (including phenoxy) is 2. The molecule has 122 valence electrons. The SMILES string of the molecule is CCNC(=S)NN=Cc1ccc(OCCC(C)C)c(OC)c1. The molecule has 0 bridgehead atoms. The summed E-state index contributed by atoms with van der Waals surface area (Å²) in [4.78, 5) is 0. The van der Waals surface area contributed by atoms with Gasteiger partial charge in [0.15, 0.2) is 16.6 Å². The fraction of sp³-hybridized carbons (Fsp3) is 0.500. The molecule has 0 spiro atoms. The summed E-state index contributed by atoms with van der Waals surface area (Å²) in [5, 5.41) is 7.53. The van der Waals surface area contributed by atoms with Crippen molar-refractivity contribution in [3.8, 4) is 11.5 Å². The molecule has 0 atom stereocenters. The highest BCUT2D eigenvalue weighted by atomic mass is 32.1. The van der Waals surface area contributed by atoms with Crippen LogP contribution in [0.25, 0.3) is 0 Å². The van der Waals surface area contributed by atoms with Gasteiger partial charge in [0.2, 0.25) is 0 Å². The number of nitrogens with zero attached hydrogens (tertiary/aromatic N) is 1. The van der Waals surface area contributed by atoms with E-state index in [1.807, 2.05) is 25.1 Å². The monoisotopic (exact) mass is 323 g/mol. The zero-order valence-electron chi connectivity index (χ0n) is 13.7. The van der Waals surface area contributed by atoms with Gasteiger partial charge in [-0.2, -0.15) is 5.10 Å². The lowest BCUT2D eigenvalue weighted by Crippen LogP contribution is -2.31. The Balaban J connectivity index is 2.63. The Kier molecular flexibility index (Phi) is 8.28. The Morgan fingerprint density at radius 1 is 1.36 bits per heavy atom. The molecule has 2 N–H and O–H groups in total. The number of thiocarbonyl (C=S) groups is 1. The van der Waals surface area contributed by atoms with E-state index in [4.69, 9.17) is 21.7 Å². The van der Waals surface area contributed by atoms with Gasteiger partial charge in [-0.1, -0.05) is 13.8 Å². The van der Waals surface area contributed by atoms with Crippen LogP contribution in [0.1, 0.15) is 32.8 Å². The molecule has 0 radical (unpaired) electrons. The van der Waals surface area contributed by atoms with Gasteiger partial charge in [0.05, 0.1) is 19.9 Å². The highest BCUT2D eigenvalue weighted by molar-refractivity contribution is 7.80. The first-order valence-electron chi connectivity index (χ1n) is 7.44. The highest BCUT2D eigenvalue weighted by Crippen LogP contribution is 2.27. The second-order valence-corrected chi connectivity index (χ2v) is 5.58. The maximum Gasteiger partial charge on any atom is 0.186 e. The molecule has 0 fully saturated rings. The average Bonchev–Trinajstić information content (AvgIpc) is 2.48. The smallest absolute Gasteiger partial charge is 0.186 e. The lowest BCUT2D eigenvalue weighted by atomic mass is 10.1. The molecule has 0 aromatic heterocycles. The number of methoxy groups -OCH3 is 1. The molecule has 1 aromatic carbocycles. The van der Waals surface area contributed by atoms with Gasteiger partial charge >= 0.3 is 0 Å². The van der Waals surface area contributed by atoms with Crippen LogP contribution in [0.4, 0.5) is 0 Å². The minimum Gasteiger partial charge on any atom is -0.493 e. The molecule has 0 heterocycles. The first-order chi connectivity index (χ1) is 10.6. The molecule has 6 heteroatoms. The van der Waals surface area contributed by atoms with Gasteiger partial charge in [0.1, 0.15) is 0 Å². The molecular formula is C16H25N3O2S. The maximum atomic E-state index is 5.75. The molecule has 0 amide bonds. The van der Waals surface area contributed by atoms with Crippen molar-refractivity contribution in [2.75, 3.05) is 20.3 Å². The van der Waals surface area contributed by atoms with Gasteiger partial charge < -0.3 is 14.8 Å². The Morgan fingerprint density at radius 2 is 2.14 bits per heavy atom. The van der Waals surface area contributed by atoms with Crippen molar-refractivity contribution in [3.05, 3.63) is 23.8 Å². The summed E-state index contributed by atoms with van der Waals surface area (Å²) >= 11 is 5.03. The molecular weight excluding hydrogens is 298 g/mol. The lowest BCUT2D eigenvalue weighted by Gasteiger charge is -2.12. The summed E-state index contributed by atoms with van der Waals surface area (Å²) in [6, 6.07) is 5.70. The van der Waals surface area contributed by atoms with E-state index in [9.17, 15) is 0 Å². The van der Waals surface area contributed by atoms with Crippen molar-refractivity contribution in [1.29, 1.82) is 0 Å². The minimum atomic E-state index is 0.499. The van der Waals surface area contributed by atoms with Gasteiger partial charge in [-0.3, -0.25) is 5.43 Å². The third kappa shape index (κ3) is 6.76. The predicted octanol–water partition coefficient (Wildman–Crippen LogP) is 2.94.